The van der Waals surface area contributed by atoms with Crippen LogP contribution in [0.5, 0.6) is 0 Å². The molecular weight excluding hydrogens is 436 g/mol. The number of hydrogen-bond acceptors (Lipinski definition) is 6. The summed E-state index contributed by atoms with van der Waals surface area (Å²) in [5, 5.41) is 8.81. The van der Waals surface area contributed by atoms with E-state index < -0.39 is 11.7 Å². The fourth-order valence-corrected chi connectivity index (χ4v) is 4.74. The van der Waals surface area contributed by atoms with Crippen LogP contribution in [0, 0.1) is 0 Å². The average molecular weight is 469 g/mol. The van der Waals surface area contributed by atoms with E-state index >= 15 is 0 Å². The van der Waals surface area contributed by atoms with E-state index in [1.165, 1.54) is 5.06 Å². The molecule has 2 aromatic rings. The number of carbonyl (C=O) groups excluding carboxylic acids is 2. The lowest BCUT2D eigenvalue weighted by molar-refractivity contribution is -0.140. The number of nitrogens with zero attached hydrogens (tertiary/aromatic N) is 3. The first kappa shape index (κ1) is 22.7. The number of benzene rings is 1. The second-order valence-corrected chi connectivity index (χ2v) is 10.6. The minimum atomic E-state index is -0.542. The number of hydrogen-bond donors (Lipinski definition) is 1. The van der Waals surface area contributed by atoms with Gasteiger partial charge in [0, 0.05) is 19.0 Å². The summed E-state index contributed by atoms with van der Waals surface area (Å²) < 4.78 is 11.0. The normalized spacial score (nSPS) is 23.2. The second-order valence-electron chi connectivity index (χ2n) is 10.6. The maximum atomic E-state index is 13.1. The highest BCUT2D eigenvalue weighted by molar-refractivity contribution is 5.77. The summed E-state index contributed by atoms with van der Waals surface area (Å²) in [6.45, 7) is 6.51. The molecule has 9 heteroatoms. The Bertz CT molecular complexity index is 1040. The van der Waals surface area contributed by atoms with E-state index in [1.807, 2.05) is 62.1 Å². The zero-order valence-corrected chi connectivity index (χ0v) is 20.0. The van der Waals surface area contributed by atoms with Gasteiger partial charge in [-0.1, -0.05) is 35.5 Å². The van der Waals surface area contributed by atoms with Crippen molar-refractivity contribution >= 4 is 12.1 Å². The predicted molar refractivity (Wildman–Crippen MR) is 122 cm³/mol. The van der Waals surface area contributed by atoms with E-state index in [-0.39, 0.29) is 23.7 Å². The Hall–Kier alpha value is -3.07. The van der Waals surface area contributed by atoms with Crippen LogP contribution in [-0.2, 0) is 22.6 Å². The molecule has 1 N–H and O–H groups in total. The van der Waals surface area contributed by atoms with E-state index in [4.69, 9.17) is 14.1 Å². The van der Waals surface area contributed by atoms with Crippen LogP contribution >= 0.6 is 0 Å². The largest absolute Gasteiger partial charge is 0.444 e. The van der Waals surface area contributed by atoms with Crippen molar-refractivity contribution in [3.63, 3.8) is 0 Å². The number of hydroxylamine groups is 2. The van der Waals surface area contributed by atoms with Gasteiger partial charge in [-0.3, -0.25) is 4.84 Å². The molecule has 34 heavy (non-hydrogen) atoms. The molecule has 1 saturated carbocycles. The van der Waals surface area contributed by atoms with Crippen LogP contribution in [0.3, 0.4) is 0 Å². The first-order valence-electron chi connectivity index (χ1n) is 11.9. The van der Waals surface area contributed by atoms with Crippen molar-refractivity contribution in [1.29, 1.82) is 0 Å². The van der Waals surface area contributed by atoms with E-state index in [0.29, 0.717) is 25.3 Å². The molecule has 0 radical (unpaired) electrons. The molecule has 9 nitrogen and oxygen atoms in total. The number of aromatic nitrogens is 1. The van der Waals surface area contributed by atoms with Gasteiger partial charge < -0.3 is 19.5 Å². The lowest BCUT2D eigenvalue weighted by Crippen LogP contribution is -2.41. The minimum Gasteiger partial charge on any atom is -0.444 e. The van der Waals surface area contributed by atoms with E-state index in [1.54, 1.807) is 0 Å². The highest BCUT2D eigenvalue weighted by Crippen LogP contribution is 2.41. The number of carbonyl (C=O) groups is 2. The number of rotatable bonds is 7. The van der Waals surface area contributed by atoms with Crippen molar-refractivity contribution in [3.8, 4) is 0 Å². The summed E-state index contributed by atoms with van der Waals surface area (Å²) in [4.78, 5) is 33.0. The highest BCUT2D eigenvalue weighted by Gasteiger charge is 2.48. The minimum absolute atomic E-state index is 0.0478. The molecule has 2 atom stereocenters. The number of piperidine rings is 1. The smallest absolute Gasteiger partial charge is 0.408 e. The van der Waals surface area contributed by atoms with Crippen LogP contribution < -0.4 is 5.32 Å². The lowest BCUT2D eigenvalue weighted by Gasteiger charge is -2.28. The summed E-state index contributed by atoms with van der Waals surface area (Å²) in [6, 6.07) is 11.5. The van der Waals surface area contributed by atoms with Crippen molar-refractivity contribution in [3.05, 3.63) is 53.4 Å². The monoisotopic (exact) mass is 468 g/mol. The Labute approximate surface area is 199 Å². The van der Waals surface area contributed by atoms with Crippen LogP contribution in [-0.4, -0.2) is 51.0 Å². The summed E-state index contributed by atoms with van der Waals surface area (Å²) in [5.41, 5.74) is 0.889. The van der Waals surface area contributed by atoms with Crippen LogP contribution in [0.1, 0.15) is 69.5 Å². The Kier molecular flexibility index (Phi) is 5.75. The average Bonchev–Trinajstić information content (AvgIpc) is 3.28. The molecule has 3 heterocycles. The SMILES string of the molecule is CC(C)(C)OC(=O)NC1(Cc2cc([C@@H]3CC[C@H]4CN3C(=O)N4OCc3ccccc3)no2)CC1. The van der Waals surface area contributed by atoms with Crippen molar-refractivity contribution in [2.75, 3.05) is 6.54 Å². The van der Waals surface area contributed by atoms with E-state index in [9.17, 15) is 9.59 Å². The summed E-state index contributed by atoms with van der Waals surface area (Å²) in [6.07, 6.45) is 3.51. The zero-order valence-electron chi connectivity index (χ0n) is 20.0. The molecule has 5 rings (SSSR count). The second kappa shape index (κ2) is 8.61. The van der Waals surface area contributed by atoms with Gasteiger partial charge in [0.2, 0.25) is 0 Å². The van der Waals surface area contributed by atoms with Crippen molar-refractivity contribution in [2.45, 2.75) is 82.7 Å². The fraction of sp³-hybridized carbons (Fsp3) is 0.560. The summed E-state index contributed by atoms with van der Waals surface area (Å²) >= 11 is 0. The van der Waals surface area contributed by atoms with Crippen LogP contribution in [0.25, 0.3) is 0 Å². The summed E-state index contributed by atoms with van der Waals surface area (Å²) in [7, 11) is 0. The van der Waals surface area contributed by atoms with Crippen LogP contribution in [0.15, 0.2) is 40.9 Å². The van der Waals surface area contributed by atoms with Gasteiger partial charge in [-0.15, -0.1) is 0 Å². The molecule has 3 fully saturated rings. The molecule has 1 aromatic carbocycles. The molecule has 0 unspecified atom stereocenters. The predicted octanol–water partition coefficient (Wildman–Crippen LogP) is 4.35. The van der Waals surface area contributed by atoms with E-state index in [0.717, 1.165) is 36.9 Å². The molecular formula is C25H32N4O5. The Morgan fingerprint density at radius 1 is 1.24 bits per heavy atom. The van der Waals surface area contributed by atoms with Gasteiger partial charge in [-0.25, -0.2) is 9.59 Å². The molecule has 2 saturated heterocycles. The third-order valence-corrected chi connectivity index (χ3v) is 6.59. The third-order valence-electron chi connectivity index (χ3n) is 6.59. The number of nitrogens with one attached hydrogen (secondary N) is 1. The fourth-order valence-electron chi connectivity index (χ4n) is 4.74. The van der Waals surface area contributed by atoms with Crippen molar-refractivity contribution in [2.24, 2.45) is 0 Å². The van der Waals surface area contributed by atoms with Gasteiger partial charge in [0.15, 0.2) is 0 Å². The highest BCUT2D eigenvalue weighted by atomic mass is 16.7. The van der Waals surface area contributed by atoms with Crippen LogP contribution in [0.2, 0.25) is 0 Å². The Balaban J connectivity index is 1.20. The number of ether oxygens (including phenoxy) is 1. The third kappa shape index (κ3) is 4.89. The number of fused-ring (bicyclic) bond motifs is 2. The number of urea groups is 1. The molecule has 3 aliphatic rings. The maximum absolute atomic E-state index is 13.1. The topological polar surface area (TPSA) is 97.1 Å². The van der Waals surface area contributed by atoms with Crippen molar-refractivity contribution < 1.29 is 23.7 Å². The standard InChI is InChI=1S/C25H32N4O5/c1-24(2,3)33-22(30)26-25(11-12-25)14-19-13-20(27-34-19)21-10-9-18-15-28(21)23(31)29(18)32-16-17-7-5-4-6-8-17/h4-8,13,18,21H,9-12,14-16H2,1-3H3,(H,26,30)/t18-,21-/m0/s1. The van der Waals surface area contributed by atoms with Gasteiger partial charge >= 0.3 is 12.1 Å². The van der Waals surface area contributed by atoms with Gasteiger partial charge in [0.05, 0.1) is 17.6 Å². The molecule has 3 amide bonds. The molecule has 1 aliphatic carbocycles. The van der Waals surface area contributed by atoms with Crippen molar-refractivity contribution in [1.82, 2.24) is 20.4 Å². The molecule has 182 valence electrons. The molecule has 1 aromatic heterocycles. The van der Waals surface area contributed by atoms with Gasteiger partial charge in [0.25, 0.3) is 0 Å². The van der Waals surface area contributed by atoms with E-state index in [2.05, 4.69) is 10.5 Å². The number of alkyl carbamates (subject to hydrolysis) is 1. The Morgan fingerprint density at radius 2 is 2.00 bits per heavy atom. The summed E-state index contributed by atoms with van der Waals surface area (Å²) in [5.74, 6) is 0.703. The lowest BCUT2D eigenvalue weighted by atomic mass is 9.98. The number of amides is 3. The van der Waals surface area contributed by atoms with Gasteiger partial charge in [0.1, 0.15) is 23.7 Å². The first-order valence-corrected chi connectivity index (χ1v) is 11.9. The quantitative estimate of drug-likeness (QED) is 0.649. The maximum Gasteiger partial charge on any atom is 0.408 e. The molecule has 2 bridgehead atoms. The zero-order chi connectivity index (χ0) is 23.9. The van der Waals surface area contributed by atoms with Gasteiger partial charge in [-0.2, -0.15) is 5.06 Å². The van der Waals surface area contributed by atoms with Gasteiger partial charge in [-0.05, 0) is 52.0 Å². The Morgan fingerprint density at radius 3 is 2.71 bits per heavy atom. The first-order chi connectivity index (χ1) is 16.2. The molecule has 0 spiro atoms. The molecule has 2 aliphatic heterocycles. The van der Waals surface area contributed by atoms with Crippen LogP contribution in [0.4, 0.5) is 9.59 Å².